The van der Waals surface area contributed by atoms with Crippen molar-refractivity contribution in [2.24, 2.45) is 13.0 Å². The predicted octanol–water partition coefficient (Wildman–Crippen LogP) is 4.39. The number of nitrogens with one attached hydrogen (secondary N) is 1. The number of hydrogen-bond acceptors (Lipinski definition) is 5. The summed E-state index contributed by atoms with van der Waals surface area (Å²) in [5.41, 5.74) is 2.14. The third kappa shape index (κ3) is 4.71. The summed E-state index contributed by atoms with van der Waals surface area (Å²) < 4.78 is 27.9. The first-order chi connectivity index (χ1) is 14.7. The average molecular weight is 447 g/mol. The van der Waals surface area contributed by atoms with E-state index in [0.717, 1.165) is 11.1 Å². The van der Waals surface area contributed by atoms with Crippen LogP contribution < -0.4 is 5.32 Å². The quantitative estimate of drug-likeness (QED) is 0.628. The molecule has 0 aliphatic heterocycles. The summed E-state index contributed by atoms with van der Waals surface area (Å²) in [5, 5.41) is 15.2. The molecule has 1 aliphatic carbocycles. The van der Waals surface area contributed by atoms with Crippen molar-refractivity contribution in [2.75, 3.05) is 5.32 Å². The van der Waals surface area contributed by atoms with Crippen LogP contribution in [0, 0.1) is 12.8 Å². The molecule has 1 N–H and O–H groups in total. The summed E-state index contributed by atoms with van der Waals surface area (Å²) in [4.78, 5) is 18.7. The summed E-state index contributed by atoms with van der Waals surface area (Å²) in [6.07, 6.45) is 1.17. The number of alkyl halides is 2. The summed E-state index contributed by atoms with van der Waals surface area (Å²) in [6.45, 7) is 1.80. The number of benzene rings is 1. The van der Waals surface area contributed by atoms with Crippen LogP contribution in [-0.4, -0.2) is 37.0 Å². The molecule has 0 bridgehead atoms. The smallest absolute Gasteiger partial charge is 0.248 e. The SMILES string of the molecule is Cc1cc(NC(=O)C(c2ccc(-c3nnn(C)n3)cc2)C2CCC(F)(F)C2)ncc1Cl. The molecule has 1 amide bonds. The third-order valence-electron chi connectivity index (χ3n) is 5.53. The Morgan fingerprint density at radius 1 is 1.32 bits per heavy atom. The second kappa shape index (κ2) is 8.30. The highest BCUT2D eigenvalue weighted by molar-refractivity contribution is 6.31. The van der Waals surface area contributed by atoms with Crippen LogP contribution in [-0.2, 0) is 11.8 Å². The van der Waals surface area contributed by atoms with E-state index in [2.05, 4.69) is 25.7 Å². The molecule has 0 spiro atoms. The van der Waals surface area contributed by atoms with E-state index in [-0.39, 0.29) is 25.2 Å². The Bertz CT molecular complexity index is 1100. The van der Waals surface area contributed by atoms with Crippen LogP contribution in [0.1, 0.15) is 36.3 Å². The van der Waals surface area contributed by atoms with Gasteiger partial charge in [-0.3, -0.25) is 4.79 Å². The van der Waals surface area contributed by atoms with Crippen molar-refractivity contribution in [3.05, 3.63) is 52.7 Å². The van der Waals surface area contributed by atoms with Crippen LogP contribution >= 0.6 is 11.6 Å². The van der Waals surface area contributed by atoms with E-state index < -0.39 is 17.8 Å². The lowest BCUT2D eigenvalue weighted by molar-refractivity contribution is -0.118. The summed E-state index contributed by atoms with van der Waals surface area (Å²) in [7, 11) is 1.66. The zero-order valence-corrected chi connectivity index (χ0v) is 17.8. The number of rotatable bonds is 5. The Labute approximate surface area is 182 Å². The topological polar surface area (TPSA) is 85.6 Å². The zero-order chi connectivity index (χ0) is 22.2. The Balaban J connectivity index is 1.62. The Hall–Kier alpha value is -2.94. The number of amides is 1. The maximum absolute atomic E-state index is 14.0. The minimum absolute atomic E-state index is 0.221. The van der Waals surface area contributed by atoms with Gasteiger partial charge >= 0.3 is 0 Å². The second-order valence-corrected chi connectivity index (χ2v) is 8.28. The number of anilines is 1. The number of carbonyl (C=O) groups excluding carboxylic acids is 1. The normalized spacial score (nSPS) is 18.7. The number of carbonyl (C=O) groups is 1. The third-order valence-corrected chi connectivity index (χ3v) is 5.93. The molecule has 1 fully saturated rings. The maximum atomic E-state index is 14.0. The van der Waals surface area contributed by atoms with Gasteiger partial charge in [-0.2, -0.15) is 4.80 Å². The number of hydrogen-bond donors (Lipinski definition) is 1. The van der Waals surface area contributed by atoms with Crippen LogP contribution in [0.25, 0.3) is 11.4 Å². The highest BCUT2D eigenvalue weighted by atomic mass is 35.5. The molecule has 4 rings (SSSR count). The molecule has 1 saturated carbocycles. The highest BCUT2D eigenvalue weighted by Crippen LogP contribution is 2.46. The minimum Gasteiger partial charge on any atom is -0.310 e. The standard InChI is InChI=1S/C21H21ClF2N6O/c1-12-9-17(25-11-16(12)22)26-20(31)18(15-7-8-21(23,24)10-15)13-3-5-14(6-4-13)19-27-29-30(2)28-19/h3-6,9,11,15,18H,7-8,10H2,1-2H3,(H,25,26,31). The first-order valence-corrected chi connectivity index (χ1v) is 10.2. The van der Waals surface area contributed by atoms with E-state index in [1.807, 2.05) is 0 Å². The molecule has 2 atom stereocenters. The number of pyridine rings is 1. The van der Waals surface area contributed by atoms with Gasteiger partial charge in [0.05, 0.1) is 18.0 Å². The minimum atomic E-state index is -2.76. The molecule has 0 saturated heterocycles. The van der Waals surface area contributed by atoms with Gasteiger partial charge in [-0.15, -0.1) is 10.2 Å². The van der Waals surface area contributed by atoms with Gasteiger partial charge in [0.2, 0.25) is 17.7 Å². The summed E-state index contributed by atoms with van der Waals surface area (Å²) >= 11 is 6.00. The van der Waals surface area contributed by atoms with E-state index in [9.17, 15) is 13.6 Å². The molecule has 3 aromatic rings. The molecule has 0 radical (unpaired) electrons. The lowest BCUT2D eigenvalue weighted by Crippen LogP contribution is -2.28. The Morgan fingerprint density at radius 2 is 2.06 bits per heavy atom. The van der Waals surface area contributed by atoms with E-state index in [1.165, 1.54) is 11.0 Å². The number of aryl methyl sites for hydroxylation is 2. The van der Waals surface area contributed by atoms with Gasteiger partial charge in [0.25, 0.3) is 0 Å². The van der Waals surface area contributed by atoms with Gasteiger partial charge in [-0.1, -0.05) is 35.9 Å². The lowest BCUT2D eigenvalue weighted by atomic mass is 9.83. The van der Waals surface area contributed by atoms with Crippen molar-refractivity contribution in [2.45, 2.75) is 38.0 Å². The molecule has 1 aliphatic rings. The van der Waals surface area contributed by atoms with Crippen LogP contribution in [0.2, 0.25) is 5.02 Å². The Kier molecular flexibility index (Phi) is 5.70. The largest absolute Gasteiger partial charge is 0.310 e. The fourth-order valence-electron chi connectivity index (χ4n) is 3.96. The molecule has 2 heterocycles. The van der Waals surface area contributed by atoms with Gasteiger partial charge in [-0.05, 0) is 41.7 Å². The van der Waals surface area contributed by atoms with Crippen LogP contribution in [0.5, 0.6) is 0 Å². The molecular formula is C21H21ClF2N6O. The van der Waals surface area contributed by atoms with Gasteiger partial charge in [0.15, 0.2) is 0 Å². The highest BCUT2D eigenvalue weighted by Gasteiger charge is 2.45. The van der Waals surface area contributed by atoms with Gasteiger partial charge in [0, 0.05) is 24.6 Å². The van der Waals surface area contributed by atoms with Crippen molar-refractivity contribution in [1.29, 1.82) is 0 Å². The van der Waals surface area contributed by atoms with E-state index >= 15 is 0 Å². The van der Waals surface area contributed by atoms with Crippen molar-refractivity contribution >= 4 is 23.3 Å². The monoisotopic (exact) mass is 446 g/mol. The molecule has 1 aromatic carbocycles. The fourth-order valence-corrected chi connectivity index (χ4v) is 4.06. The molecule has 10 heteroatoms. The van der Waals surface area contributed by atoms with E-state index in [4.69, 9.17) is 11.6 Å². The fraction of sp³-hybridized carbons (Fsp3) is 0.381. The van der Waals surface area contributed by atoms with Crippen molar-refractivity contribution in [1.82, 2.24) is 25.2 Å². The number of aromatic nitrogens is 5. The number of nitrogens with zero attached hydrogens (tertiary/aromatic N) is 5. The number of tetrazole rings is 1. The zero-order valence-electron chi connectivity index (χ0n) is 17.0. The number of halogens is 3. The van der Waals surface area contributed by atoms with Crippen molar-refractivity contribution in [3.63, 3.8) is 0 Å². The molecular weight excluding hydrogens is 426 g/mol. The van der Waals surface area contributed by atoms with Gasteiger partial charge in [0.1, 0.15) is 5.82 Å². The van der Waals surface area contributed by atoms with Crippen LogP contribution in [0.15, 0.2) is 36.5 Å². The molecule has 31 heavy (non-hydrogen) atoms. The molecule has 7 nitrogen and oxygen atoms in total. The van der Waals surface area contributed by atoms with Crippen LogP contribution in [0.4, 0.5) is 14.6 Å². The molecule has 2 aromatic heterocycles. The van der Waals surface area contributed by atoms with E-state index in [1.54, 1.807) is 44.3 Å². The first kappa shape index (κ1) is 21.3. The van der Waals surface area contributed by atoms with Gasteiger partial charge in [-0.25, -0.2) is 13.8 Å². The average Bonchev–Trinajstić information content (AvgIpc) is 3.31. The maximum Gasteiger partial charge on any atom is 0.248 e. The van der Waals surface area contributed by atoms with Crippen LogP contribution in [0.3, 0.4) is 0 Å². The summed E-state index contributed by atoms with van der Waals surface area (Å²) in [6, 6.07) is 8.71. The molecule has 162 valence electrons. The second-order valence-electron chi connectivity index (χ2n) is 7.87. The van der Waals surface area contributed by atoms with Crippen molar-refractivity contribution in [3.8, 4) is 11.4 Å². The predicted molar refractivity (Wildman–Crippen MR) is 112 cm³/mol. The van der Waals surface area contributed by atoms with Gasteiger partial charge < -0.3 is 5.32 Å². The molecule has 2 unspecified atom stereocenters. The Morgan fingerprint density at radius 3 is 2.65 bits per heavy atom. The summed E-state index contributed by atoms with van der Waals surface area (Å²) in [5.74, 6) is -3.58. The van der Waals surface area contributed by atoms with E-state index in [0.29, 0.717) is 22.2 Å². The van der Waals surface area contributed by atoms with Crippen molar-refractivity contribution < 1.29 is 13.6 Å². The lowest BCUT2D eigenvalue weighted by Gasteiger charge is -2.23. The first-order valence-electron chi connectivity index (χ1n) is 9.87.